The molecule has 0 aliphatic rings. The molecule has 0 fully saturated rings. The Morgan fingerprint density at radius 1 is 1.27 bits per heavy atom. The molecule has 0 saturated heterocycles. The molecule has 0 aliphatic carbocycles. The SMILES string of the molecule is CCCNc1nc(N)ncc1C#CCCCNC(=O)CN(C)C(=O)/C=C/CN(C)C. The Balaban J connectivity index is 2.35. The first kappa shape index (κ1) is 24.9. The minimum atomic E-state index is -0.198. The van der Waals surface area contributed by atoms with Gasteiger partial charge in [-0.1, -0.05) is 24.8 Å². The number of unbranched alkanes of at least 4 members (excludes halogenated alkanes) is 1. The lowest BCUT2D eigenvalue weighted by Crippen LogP contribution is -2.38. The van der Waals surface area contributed by atoms with Gasteiger partial charge in [0.2, 0.25) is 17.8 Å². The van der Waals surface area contributed by atoms with Crippen LogP contribution in [-0.2, 0) is 9.59 Å². The first-order chi connectivity index (χ1) is 14.3. The smallest absolute Gasteiger partial charge is 0.246 e. The number of likely N-dealkylation sites (N-methyl/N-ethyl adjacent to an activating group) is 2. The maximum Gasteiger partial charge on any atom is 0.246 e. The lowest BCUT2D eigenvalue weighted by molar-refractivity contribution is -0.131. The van der Waals surface area contributed by atoms with Crippen LogP contribution in [0.15, 0.2) is 18.3 Å². The zero-order chi connectivity index (χ0) is 22.4. The molecule has 0 bridgehead atoms. The van der Waals surface area contributed by atoms with E-state index in [9.17, 15) is 9.59 Å². The maximum absolute atomic E-state index is 12.0. The molecule has 1 rings (SSSR count). The predicted octanol–water partition coefficient (Wildman–Crippen LogP) is 0.705. The Hall–Kier alpha value is -3.12. The number of aromatic nitrogens is 2. The average molecular weight is 416 g/mol. The molecule has 30 heavy (non-hydrogen) atoms. The number of carbonyl (C=O) groups is 2. The van der Waals surface area contributed by atoms with Crippen LogP contribution in [0, 0.1) is 11.8 Å². The Kier molecular flexibility index (Phi) is 11.6. The lowest BCUT2D eigenvalue weighted by Gasteiger charge is -2.14. The van der Waals surface area contributed by atoms with Gasteiger partial charge in [0.25, 0.3) is 0 Å². The summed E-state index contributed by atoms with van der Waals surface area (Å²) >= 11 is 0. The number of nitrogens with zero attached hydrogens (tertiary/aromatic N) is 4. The highest BCUT2D eigenvalue weighted by Crippen LogP contribution is 2.11. The molecule has 9 nitrogen and oxygen atoms in total. The molecule has 0 aliphatic heterocycles. The molecular weight excluding hydrogens is 382 g/mol. The van der Waals surface area contributed by atoms with Crippen LogP contribution in [0.25, 0.3) is 0 Å². The van der Waals surface area contributed by atoms with Gasteiger partial charge in [0.1, 0.15) is 5.82 Å². The minimum Gasteiger partial charge on any atom is -0.369 e. The Labute approximate surface area is 179 Å². The molecule has 1 aromatic rings. The summed E-state index contributed by atoms with van der Waals surface area (Å²) in [5.74, 6) is 6.55. The first-order valence-electron chi connectivity index (χ1n) is 10.0. The van der Waals surface area contributed by atoms with Crippen molar-refractivity contribution in [2.45, 2.75) is 26.2 Å². The van der Waals surface area contributed by atoms with Crippen LogP contribution < -0.4 is 16.4 Å². The molecule has 1 heterocycles. The number of rotatable bonds is 11. The standard InChI is InChI=1S/C21H33N7O2/c1-5-12-24-20-17(15-25-21(22)26-20)10-7-6-8-13-23-18(29)16-28(4)19(30)11-9-14-27(2)3/h9,11,15H,5-6,8,12-14,16H2,1-4H3,(H,23,29)(H3,22,24,25,26)/b11-9+. The van der Waals surface area contributed by atoms with Crippen molar-refractivity contribution in [1.82, 2.24) is 25.1 Å². The highest BCUT2D eigenvalue weighted by molar-refractivity contribution is 5.91. The van der Waals surface area contributed by atoms with Gasteiger partial charge in [-0.15, -0.1) is 0 Å². The quantitative estimate of drug-likeness (QED) is 0.277. The van der Waals surface area contributed by atoms with Gasteiger partial charge in [0.05, 0.1) is 18.3 Å². The molecule has 2 amide bonds. The van der Waals surface area contributed by atoms with E-state index in [0.29, 0.717) is 37.3 Å². The summed E-state index contributed by atoms with van der Waals surface area (Å²) in [5.41, 5.74) is 6.33. The van der Waals surface area contributed by atoms with E-state index in [2.05, 4.69) is 39.4 Å². The number of hydrogen-bond donors (Lipinski definition) is 3. The molecule has 4 N–H and O–H groups in total. The number of hydrogen-bond acceptors (Lipinski definition) is 7. The van der Waals surface area contributed by atoms with Crippen molar-refractivity contribution in [3.05, 3.63) is 23.9 Å². The van der Waals surface area contributed by atoms with Crippen molar-refractivity contribution < 1.29 is 9.59 Å². The number of anilines is 2. The number of carbonyl (C=O) groups excluding carboxylic acids is 2. The van der Waals surface area contributed by atoms with Crippen LogP contribution in [0.5, 0.6) is 0 Å². The molecule has 0 aromatic carbocycles. The van der Waals surface area contributed by atoms with E-state index >= 15 is 0 Å². The summed E-state index contributed by atoms with van der Waals surface area (Å²) in [7, 11) is 5.44. The second-order valence-electron chi connectivity index (χ2n) is 7.03. The predicted molar refractivity (Wildman–Crippen MR) is 120 cm³/mol. The van der Waals surface area contributed by atoms with Gasteiger partial charge >= 0.3 is 0 Å². The van der Waals surface area contributed by atoms with Crippen LogP contribution in [-0.4, -0.2) is 78.9 Å². The average Bonchev–Trinajstić information content (AvgIpc) is 2.69. The van der Waals surface area contributed by atoms with E-state index < -0.39 is 0 Å². The van der Waals surface area contributed by atoms with Crippen LogP contribution in [0.3, 0.4) is 0 Å². The topological polar surface area (TPSA) is 116 Å². The zero-order valence-electron chi connectivity index (χ0n) is 18.4. The summed E-state index contributed by atoms with van der Waals surface area (Å²) in [4.78, 5) is 35.4. The fourth-order valence-electron chi connectivity index (χ4n) is 2.27. The van der Waals surface area contributed by atoms with Crippen molar-refractivity contribution in [2.24, 2.45) is 0 Å². The maximum atomic E-state index is 12.0. The van der Waals surface area contributed by atoms with E-state index in [1.54, 1.807) is 19.3 Å². The van der Waals surface area contributed by atoms with Crippen molar-refractivity contribution in [3.8, 4) is 11.8 Å². The van der Waals surface area contributed by atoms with E-state index in [1.165, 1.54) is 11.0 Å². The van der Waals surface area contributed by atoms with E-state index in [1.807, 2.05) is 19.0 Å². The second-order valence-corrected chi connectivity index (χ2v) is 7.03. The van der Waals surface area contributed by atoms with Crippen LogP contribution in [0.2, 0.25) is 0 Å². The van der Waals surface area contributed by atoms with Gasteiger partial charge in [-0.3, -0.25) is 9.59 Å². The third-order valence-electron chi connectivity index (χ3n) is 3.86. The summed E-state index contributed by atoms with van der Waals surface area (Å²) in [6.07, 6.45) is 7.13. The number of amides is 2. The molecule has 9 heteroatoms. The molecule has 164 valence electrons. The fraction of sp³-hybridized carbons (Fsp3) is 0.524. The van der Waals surface area contributed by atoms with Gasteiger partial charge < -0.3 is 26.2 Å². The molecule has 0 unspecified atom stereocenters. The van der Waals surface area contributed by atoms with Gasteiger partial charge in [-0.25, -0.2) is 4.98 Å². The van der Waals surface area contributed by atoms with Gasteiger partial charge in [-0.2, -0.15) is 4.98 Å². The van der Waals surface area contributed by atoms with Crippen molar-refractivity contribution in [2.75, 3.05) is 58.4 Å². The van der Waals surface area contributed by atoms with Gasteiger partial charge in [-0.05, 0) is 26.9 Å². The molecular formula is C21H33N7O2. The lowest BCUT2D eigenvalue weighted by atomic mass is 10.2. The Morgan fingerprint density at radius 3 is 2.73 bits per heavy atom. The molecule has 0 radical (unpaired) electrons. The summed E-state index contributed by atoms with van der Waals surface area (Å²) in [6, 6.07) is 0. The number of nitrogens with two attached hydrogens (primary N) is 1. The van der Waals surface area contributed by atoms with Crippen molar-refractivity contribution in [3.63, 3.8) is 0 Å². The third kappa shape index (κ3) is 10.4. The molecule has 0 spiro atoms. The van der Waals surface area contributed by atoms with Crippen LogP contribution in [0.1, 0.15) is 31.7 Å². The molecule has 0 atom stereocenters. The van der Waals surface area contributed by atoms with E-state index in [4.69, 9.17) is 5.73 Å². The van der Waals surface area contributed by atoms with E-state index in [0.717, 1.165) is 13.0 Å². The Bertz CT molecular complexity index is 781. The first-order valence-corrected chi connectivity index (χ1v) is 10.0. The minimum absolute atomic E-state index is 0.0199. The molecule has 1 aromatic heterocycles. The number of nitrogens with one attached hydrogen (secondary N) is 2. The second kappa shape index (κ2) is 14.0. The largest absolute Gasteiger partial charge is 0.369 e. The van der Waals surface area contributed by atoms with Crippen LogP contribution >= 0.6 is 0 Å². The molecule has 0 saturated carbocycles. The van der Waals surface area contributed by atoms with Gasteiger partial charge in [0.15, 0.2) is 0 Å². The summed E-state index contributed by atoms with van der Waals surface area (Å²) in [5, 5.41) is 5.99. The van der Waals surface area contributed by atoms with Crippen LogP contribution in [0.4, 0.5) is 11.8 Å². The highest BCUT2D eigenvalue weighted by atomic mass is 16.2. The van der Waals surface area contributed by atoms with Crippen molar-refractivity contribution >= 4 is 23.6 Å². The number of nitrogen functional groups attached to an aromatic ring is 1. The van der Waals surface area contributed by atoms with E-state index in [-0.39, 0.29) is 24.3 Å². The van der Waals surface area contributed by atoms with Crippen molar-refractivity contribution in [1.29, 1.82) is 0 Å². The Morgan fingerprint density at radius 2 is 2.03 bits per heavy atom. The summed E-state index contributed by atoms with van der Waals surface area (Å²) < 4.78 is 0. The summed E-state index contributed by atoms with van der Waals surface area (Å²) in [6.45, 7) is 4.02. The third-order valence-corrected chi connectivity index (χ3v) is 3.86. The van der Waals surface area contributed by atoms with Gasteiger partial charge in [0, 0.05) is 39.2 Å². The monoisotopic (exact) mass is 415 g/mol. The normalized spacial score (nSPS) is 10.6. The highest BCUT2D eigenvalue weighted by Gasteiger charge is 2.09. The zero-order valence-corrected chi connectivity index (χ0v) is 18.4. The fourth-order valence-corrected chi connectivity index (χ4v) is 2.27.